The van der Waals surface area contributed by atoms with E-state index in [1.165, 1.54) is 0 Å². The second kappa shape index (κ2) is 7.73. The maximum Gasteiger partial charge on any atom is 0.330 e. The molecule has 6 heteroatoms. The molecule has 1 aliphatic heterocycles. The summed E-state index contributed by atoms with van der Waals surface area (Å²) in [6.45, 7) is 9.83. The van der Waals surface area contributed by atoms with Crippen LogP contribution in [0.4, 0.5) is 0 Å². The highest BCUT2D eigenvalue weighted by Gasteiger charge is 2.35. The Labute approximate surface area is 151 Å². The monoisotopic (exact) mass is 343 g/mol. The Morgan fingerprint density at radius 3 is 2.56 bits per heavy atom. The fourth-order valence-electron chi connectivity index (χ4n) is 2.11. The molecule has 0 bridgehead atoms. The zero-order valence-corrected chi connectivity index (χ0v) is 16.0. The average Bonchev–Trinajstić information content (AvgIpc) is 2.59. The van der Waals surface area contributed by atoms with Crippen molar-refractivity contribution in [2.75, 3.05) is 13.7 Å². The molecular weight excluding hydrogens is 315 g/mol. The molecule has 0 saturated heterocycles. The second-order valence-electron chi connectivity index (χ2n) is 7.34. The molecule has 1 atom stereocenters. The van der Waals surface area contributed by atoms with Crippen molar-refractivity contribution in [2.45, 2.75) is 51.9 Å². The third kappa shape index (κ3) is 4.94. The Bertz CT molecular complexity index is 663. The number of hydrogen-bond donors (Lipinski definition) is 2. The number of amidine groups is 1. The zero-order valence-electron chi connectivity index (χ0n) is 16.0. The van der Waals surface area contributed by atoms with Crippen molar-refractivity contribution < 1.29 is 14.5 Å². The Morgan fingerprint density at radius 1 is 1.28 bits per heavy atom. The topological polar surface area (TPSA) is 63.1 Å². The van der Waals surface area contributed by atoms with E-state index < -0.39 is 11.2 Å². The van der Waals surface area contributed by atoms with E-state index in [1.807, 2.05) is 51.2 Å². The number of ether oxygens (including phenoxy) is 1. The van der Waals surface area contributed by atoms with Gasteiger partial charge in [0.25, 0.3) is 0 Å². The highest BCUT2D eigenvalue weighted by atomic mass is 16.5. The fourth-order valence-corrected chi connectivity index (χ4v) is 2.11. The summed E-state index contributed by atoms with van der Waals surface area (Å²) in [4.78, 5) is 4.60. The summed E-state index contributed by atoms with van der Waals surface area (Å²) in [5.74, 6) is 0.823. The number of aliphatic imine (C=N–C) groups is 1. The third-order valence-corrected chi connectivity index (χ3v) is 4.81. The van der Waals surface area contributed by atoms with Crippen LogP contribution in [0, 0.1) is 0 Å². The first kappa shape index (κ1) is 19.7. The van der Waals surface area contributed by atoms with Gasteiger partial charge in [0, 0.05) is 18.9 Å². The van der Waals surface area contributed by atoms with Crippen molar-refractivity contribution in [3.05, 3.63) is 41.6 Å². The van der Waals surface area contributed by atoms with Crippen molar-refractivity contribution >= 4 is 18.8 Å². The lowest BCUT2D eigenvalue weighted by Crippen LogP contribution is -2.49. The van der Waals surface area contributed by atoms with Crippen LogP contribution in [0.25, 0.3) is 0 Å². The van der Waals surface area contributed by atoms with Gasteiger partial charge in [-0.3, -0.25) is 4.99 Å². The molecule has 1 aliphatic rings. The fraction of sp³-hybridized carbons (Fsp3) is 0.526. The first-order chi connectivity index (χ1) is 11.6. The average molecular weight is 343 g/mol. The predicted octanol–water partition coefficient (Wildman–Crippen LogP) is 1.77. The van der Waals surface area contributed by atoms with Crippen LogP contribution in [0.15, 0.2) is 41.0 Å². The molecule has 0 spiro atoms. The van der Waals surface area contributed by atoms with Crippen LogP contribution in [-0.4, -0.2) is 49.4 Å². The summed E-state index contributed by atoms with van der Waals surface area (Å²) in [6, 6.07) is 7.93. The molecule has 2 rings (SSSR count). The largest absolute Gasteiger partial charge is 0.427 e. The molecule has 5 nitrogen and oxygen atoms in total. The molecule has 1 aromatic carbocycles. The third-order valence-electron chi connectivity index (χ3n) is 4.81. The molecule has 0 aromatic heterocycles. The normalized spacial score (nSPS) is 16.6. The van der Waals surface area contributed by atoms with Gasteiger partial charge < -0.3 is 19.8 Å². The first-order valence-corrected chi connectivity index (χ1v) is 8.50. The number of methoxy groups -OCH3 is 1. The number of aliphatic hydroxyl groups is 1. The van der Waals surface area contributed by atoms with Crippen molar-refractivity contribution in [1.29, 1.82) is 0 Å². The Morgan fingerprint density at radius 2 is 2.00 bits per heavy atom. The lowest BCUT2D eigenvalue weighted by Gasteiger charge is -2.37. The van der Waals surface area contributed by atoms with Crippen molar-refractivity contribution in [3.8, 4) is 0 Å². The van der Waals surface area contributed by atoms with Gasteiger partial charge in [-0.2, -0.15) is 0 Å². The molecule has 0 amide bonds. The molecular formula is C19H28BN2O3. The van der Waals surface area contributed by atoms with Gasteiger partial charge in [-0.25, -0.2) is 0 Å². The minimum atomic E-state index is -0.949. The van der Waals surface area contributed by atoms with E-state index in [1.54, 1.807) is 28.4 Å². The summed E-state index contributed by atoms with van der Waals surface area (Å²) < 4.78 is 11.1. The Balaban J connectivity index is 2.04. The molecule has 1 unspecified atom stereocenters. The number of rotatable bonds is 7. The van der Waals surface area contributed by atoms with Gasteiger partial charge in [-0.15, -0.1) is 0 Å². The van der Waals surface area contributed by atoms with Gasteiger partial charge >= 0.3 is 7.48 Å². The van der Waals surface area contributed by atoms with E-state index in [4.69, 9.17) is 9.39 Å². The van der Waals surface area contributed by atoms with Gasteiger partial charge in [-0.05, 0) is 40.2 Å². The predicted molar refractivity (Wildman–Crippen MR) is 102 cm³/mol. The molecule has 1 radical (unpaired) electrons. The van der Waals surface area contributed by atoms with E-state index in [9.17, 15) is 5.11 Å². The maximum atomic E-state index is 10.2. The minimum Gasteiger partial charge on any atom is -0.427 e. The number of hydrogen-bond acceptors (Lipinski definition) is 5. The Hall–Kier alpha value is -1.63. The van der Waals surface area contributed by atoms with Crippen LogP contribution < -0.4 is 10.8 Å². The molecule has 1 aromatic rings. The smallest absolute Gasteiger partial charge is 0.330 e. The van der Waals surface area contributed by atoms with E-state index in [2.05, 4.69) is 10.3 Å². The van der Waals surface area contributed by atoms with E-state index in [0.717, 1.165) is 22.4 Å². The van der Waals surface area contributed by atoms with Gasteiger partial charge in [-0.1, -0.05) is 29.7 Å². The molecule has 1 heterocycles. The molecule has 0 saturated carbocycles. The Kier molecular flexibility index (Phi) is 6.09. The molecule has 25 heavy (non-hydrogen) atoms. The summed E-state index contributed by atoms with van der Waals surface area (Å²) in [5.41, 5.74) is 1.37. The van der Waals surface area contributed by atoms with Gasteiger partial charge in [0.05, 0.1) is 23.9 Å². The zero-order chi connectivity index (χ0) is 18.7. The van der Waals surface area contributed by atoms with Gasteiger partial charge in [0.15, 0.2) is 0 Å². The summed E-state index contributed by atoms with van der Waals surface area (Å²) in [5, 5.41) is 13.4. The van der Waals surface area contributed by atoms with Crippen molar-refractivity contribution in [2.24, 2.45) is 4.99 Å². The van der Waals surface area contributed by atoms with Gasteiger partial charge in [0.2, 0.25) is 0 Å². The van der Waals surface area contributed by atoms with E-state index in [-0.39, 0.29) is 6.10 Å². The quantitative estimate of drug-likeness (QED) is 0.741. The van der Waals surface area contributed by atoms with Crippen LogP contribution in [-0.2, 0) is 9.39 Å². The summed E-state index contributed by atoms with van der Waals surface area (Å²) >= 11 is 0. The van der Waals surface area contributed by atoms with E-state index in [0.29, 0.717) is 6.54 Å². The van der Waals surface area contributed by atoms with Crippen LogP contribution in [0.5, 0.6) is 0 Å². The van der Waals surface area contributed by atoms with Crippen LogP contribution >= 0.6 is 0 Å². The van der Waals surface area contributed by atoms with Crippen LogP contribution in [0.1, 0.15) is 40.2 Å². The summed E-state index contributed by atoms with van der Waals surface area (Å²) in [7, 11) is 3.37. The second-order valence-corrected chi connectivity index (χ2v) is 7.34. The van der Waals surface area contributed by atoms with Crippen molar-refractivity contribution in [1.82, 2.24) is 5.32 Å². The van der Waals surface area contributed by atoms with Crippen LogP contribution in [0.2, 0.25) is 0 Å². The van der Waals surface area contributed by atoms with Crippen molar-refractivity contribution in [3.63, 3.8) is 0 Å². The van der Waals surface area contributed by atoms with Crippen LogP contribution in [0.3, 0.4) is 0 Å². The minimum absolute atomic E-state index is 0.0509. The summed E-state index contributed by atoms with van der Waals surface area (Å²) in [6.07, 6.45) is 2.01. The maximum absolute atomic E-state index is 10.2. The molecule has 0 fully saturated rings. The van der Waals surface area contributed by atoms with E-state index >= 15 is 0 Å². The molecule has 2 N–H and O–H groups in total. The molecule has 135 valence electrons. The lowest BCUT2D eigenvalue weighted by molar-refractivity contribution is -0.0893. The highest BCUT2D eigenvalue weighted by Crippen LogP contribution is 2.24. The number of benzene rings is 1. The van der Waals surface area contributed by atoms with Gasteiger partial charge in [0.1, 0.15) is 5.84 Å². The highest BCUT2D eigenvalue weighted by molar-refractivity contribution is 6.47. The molecule has 0 aliphatic carbocycles. The lowest BCUT2D eigenvalue weighted by atomic mass is 9.82. The SMILES string of the molecule is COC(C)C1=CNC(c2cccc([B]OC(C)(C)C(C)(C)O)c2)=NC1. The standard InChI is InChI=1S/C19H28BN2O3/c1-13(24-6)15-11-21-17(22-12-15)14-8-7-9-16(10-14)20-25-19(4,5)18(2,3)23/h7-11,13,23H,12H2,1-6H3,(H,21,22). The number of nitrogens with one attached hydrogen (secondary N) is 1. The number of nitrogens with zero attached hydrogens (tertiary/aromatic N) is 1. The first-order valence-electron chi connectivity index (χ1n) is 8.50.